The number of benzene rings is 1. The van der Waals surface area contributed by atoms with E-state index >= 15 is 0 Å². The van der Waals surface area contributed by atoms with Crippen LogP contribution in [0.4, 0.5) is 5.82 Å². The van der Waals surface area contributed by atoms with Gasteiger partial charge in [-0.15, -0.1) is 0 Å². The van der Waals surface area contributed by atoms with Crippen molar-refractivity contribution in [2.45, 2.75) is 33.2 Å². The summed E-state index contributed by atoms with van der Waals surface area (Å²) in [6.07, 6.45) is 1.62. The van der Waals surface area contributed by atoms with Gasteiger partial charge in [0.05, 0.1) is 0 Å². The highest BCUT2D eigenvalue weighted by molar-refractivity contribution is 5.38. The molecule has 2 aromatic rings. The Morgan fingerprint density at radius 2 is 1.94 bits per heavy atom. The summed E-state index contributed by atoms with van der Waals surface area (Å²) in [6, 6.07) is 10.4. The molecule has 1 heterocycles. The third kappa shape index (κ3) is 3.06. The number of rotatable bonds is 4. The van der Waals surface area contributed by atoms with Crippen molar-refractivity contribution in [1.82, 2.24) is 9.97 Å². The number of anilines is 1. The Labute approximate surface area is 108 Å². The lowest BCUT2D eigenvalue weighted by molar-refractivity contribution is 0.813. The fourth-order valence-corrected chi connectivity index (χ4v) is 1.78. The van der Waals surface area contributed by atoms with Gasteiger partial charge in [-0.25, -0.2) is 9.97 Å². The molecule has 1 aromatic heterocycles. The molecule has 18 heavy (non-hydrogen) atoms. The first kappa shape index (κ1) is 12.6. The van der Waals surface area contributed by atoms with E-state index < -0.39 is 0 Å². The fraction of sp³-hybridized carbons (Fsp3) is 0.333. The summed E-state index contributed by atoms with van der Waals surface area (Å²) in [5, 5.41) is 3.35. The maximum atomic E-state index is 4.26. The lowest BCUT2D eigenvalue weighted by Crippen LogP contribution is -2.04. The Hall–Kier alpha value is -1.90. The van der Waals surface area contributed by atoms with Crippen LogP contribution in [-0.4, -0.2) is 9.97 Å². The van der Waals surface area contributed by atoms with Crippen molar-refractivity contribution in [2.24, 2.45) is 0 Å². The van der Waals surface area contributed by atoms with E-state index in [9.17, 15) is 0 Å². The first-order valence-electron chi connectivity index (χ1n) is 6.27. The second-order valence-electron chi connectivity index (χ2n) is 4.76. The van der Waals surface area contributed by atoms with E-state index in [1.54, 1.807) is 6.33 Å². The van der Waals surface area contributed by atoms with Gasteiger partial charge < -0.3 is 5.32 Å². The molecule has 0 aliphatic carbocycles. The first-order valence-corrected chi connectivity index (χ1v) is 6.27. The summed E-state index contributed by atoms with van der Waals surface area (Å²) in [7, 11) is 0. The van der Waals surface area contributed by atoms with E-state index in [-0.39, 0.29) is 0 Å². The number of aromatic nitrogens is 2. The fourth-order valence-electron chi connectivity index (χ4n) is 1.78. The predicted octanol–water partition coefficient (Wildman–Crippen LogP) is 3.52. The lowest BCUT2D eigenvalue weighted by atomic mass is 10.1. The minimum absolute atomic E-state index is 0.423. The van der Waals surface area contributed by atoms with E-state index in [2.05, 4.69) is 60.3 Å². The third-order valence-corrected chi connectivity index (χ3v) is 3.00. The smallest absolute Gasteiger partial charge is 0.129 e. The van der Waals surface area contributed by atoms with E-state index in [1.807, 2.05) is 6.07 Å². The SMILES string of the molecule is Cc1ccccc1CNc1cc(C(C)C)ncn1. The maximum absolute atomic E-state index is 4.26. The maximum Gasteiger partial charge on any atom is 0.129 e. The van der Waals surface area contributed by atoms with Gasteiger partial charge in [0.15, 0.2) is 0 Å². The zero-order valence-corrected chi connectivity index (χ0v) is 11.1. The molecule has 0 unspecified atom stereocenters. The van der Waals surface area contributed by atoms with Crippen LogP contribution >= 0.6 is 0 Å². The Kier molecular flexibility index (Phi) is 3.92. The molecular weight excluding hydrogens is 222 g/mol. The molecule has 1 aromatic carbocycles. The second kappa shape index (κ2) is 5.63. The summed E-state index contributed by atoms with van der Waals surface area (Å²) >= 11 is 0. The van der Waals surface area contributed by atoms with Crippen LogP contribution < -0.4 is 5.32 Å². The van der Waals surface area contributed by atoms with Gasteiger partial charge in [0.25, 0.3) is 0 Å². The molecule has 0 amide bonds. The zero-order chi connectivity index (χ0) is 13.0. The average molecular weight is 241 g/mol. The molecule has 1 N–H and O–H groups in total. The van der Waals surface area contributed by atoms with Gasteiger partial charge in [-0.1, -0.05) is 38.1 Å². The molecule has 0 saturated carbocycles. The molecule has 0 saturated heterocycles. The topological polar surface area (TPSA) is 37.8 Å². The largest absolute Gasteiger partial charge is 0.366 e. The molecule has 0 bridgehead atoms. The average Bonchev–Trinajstić information content (AvgIpc) is 2.38. The normalized spacial score (nSPS) is 10.7. The van der Waals surface area contributed by atoms with Crippen LogP contribution in [0.2, 0.25) is 0 Å². The van der Waals surface area contributed by atoms with Gasteiger partial charge >= 0.3 is 0 Å². The van der Waals surface area contributed by atoms with Gasteiger partial charge in [0.2, 0.25) is 0 Å². The van der Waals surface area contributed by atoms with Crippen LogP contribution in [0, 0.1) is 6.92 Å². The molecule has 0 aliphatic rings. The highest BCUT2D eigenvalue weighted by Crippen LogP contribution is 2.15. The van der Waals surface area contributed by atoms with E-state index in [4.69, 9.17) is 0 Å². The standard InChI is InChI=1S/C15H19N3/c1-11(2)14-8-15(18-10-17-14)16-9-13-7-5-4-6-12(13)3/h4-8,10-11H,9H2,1-3H3,(H,16,17,18). The van der Waals surface area contributed by atoms with Gasteiger partial charge in [-0.3, -0.25) is 0 Å². The number of nitrogens with zero attached hydrogens (tertiary/aromatic N) is 2. The van der Waals surface area contributed by atoms with Crippen molar-refractivity contribution in [3.8, 4) is 0 Å². The van der Waals surface area contributed by atoms with Crippen molar-refractivity contribution < 1.29 is 0 Å². The lowest BCUT2D eigenvalue weighted by Gasteiger charge is -2.10. The van der Waals surface area contributed by atoms with Crippen LogP contribution in [0.25, 0.3) is 0 Å². The summed E-state index contributed by atoms with van der Waals surface area (Å²) in [4.78, 5) is 8.50. The molecule has 0 radical (unpaired) electrons. The monoisotopic (exact) mass is 241 g/mol. The van der Waals surface area contributed by atoms with Gasteiger partial charge in [-0.05, 0) is 24.0 Å². The van der Waals surface area contributed by atoms with Crippen molar-refractivity contribution in [3.63, 3.8) is 0 Å². The predicted molar refractivity (Wildman–Crippen MR) is 74.6 cm³/mol. The Bertz CT molecular complexity index is 521. The summed E-state index contributed by atoms with van der Waals surface area (Å²) < 4.78 is 0. The number of aryl methyl sites for hydroxylation is 1. The minimum Gasteiger partial charge on any atom is -0.366 e. The van der Waals surface area contributed by atoms with Gasteiger partial charge in [0, 0.05) is 18.3 Å². The van der Waals surface area contributed by atoms with Crippen molar-refractivity contribution in [1.29, 1.82) is 0 Å². The zero-order valence-electron chi connectivity index (χ0n) is 11.1. The highest BCUT2D eigenvalue weighted by Gasteiger charge is 2.03. The van der Waals surface area contributed by atoms with Crippen LogP contribution in [0.15, 0.2) is 36.7 Å². The van der Waals surface area contributed by atoms with Crippen molar-refractivity contribution >= 4 is 5.82 Å². The molecule has 0 aliphatic heterocycles. The van der Waals surface area contributed by atoms with Crippen LogP contribution in [0.1, 0.15) is 36.6 Å². The van der Waals surface area contributed by atoms with E-state index in [0.717, 1.165) is 18.1 Å². The molecule has 0 atom stereocenters. The summed E-state index contributed by atoms with van der Waals surface area (Å²) in [5.41, 5.74) is 3.66. The summed E-state index contributed by atoms with van der Waals surface area (Å²) in [6.45, 7) is 7.18. The van der Waals surface area contributed by atoms with Gasteiger partial charge in [0.1, 0.15) is 12.1 Å². The molecule has 2 rings (SSSR count). The van der Waals surface area contributed by atoms with Crippen molar-refractivity contribution in [3.05, 3.63) is 53.5 Å². The molecule has 94 valence electrons. The van der Waals surface area contributed by atoms with Crippen LogP contribution in [0.5, 0.6) is 0 Å². The van der Waals surface area contributed by atoms with Crippen LogP contribution in [0.3, 0.4) is 0 Å². The first-order chi connectivity index (χ1) is 8.66. The number of hydrogen-bond donors (Lipinski definition) is 1. The Balaban J connectivity index is 2.07. The Morgan fingerprint density at radius 3 is 2.67 bits per heavy atom. The van der Waals surface area contributed by atoms with Gasteiger partial charge in [-0.2, -0.15) is 0 Å². The molecule has 3 heteroatoms. The molecular formula is C15H19N3. The molecule has 3 nitrogen and oxygen atoms in total. The highest BCUT2D eigenvalue weighted by atomic mass is 15.0. The number of nitrogens with one attached hydrogen (secondary N) is 1. The Morgan fingerprint density at radius 1 is 1.17 bits per heavy atom. The minimum atomic E-state index is 0.423. The molecule has 0 fully saturated rings. The summed E-state index contributed by atoms with van der Waals surface area (Å²) in [5.74, 6) is 1.31. The van der Waals surface area contributed by atoms with Crippen molar-refractivity contribution in [2.75, 3.05) is 5.32 Å². The third-order valence-electron chi connectivity index (χ3n) is 3.00. The van der Waals surface area contributed by atoms with E-state index in [0.29, 0.717) is 5.92 Å². The van der Waals surface area contributed by atoms with Crippen LogP contribution in [-0.2, 0) is 6.54 Å². The second-order valence-corrected chi connectivity index (χ2v) is 4.76. The molecule has 0 spiro atoms. The quantitative estimate of drug-likeness (QED) is 0.890. The number of hydrogen-bond acceptors (Lipinski definition) is 3. The van der Waals surface area contributed by atoms with E-state index in [1.165, 1.54) is 11.1 Å².